The third-order valence-electron chi connectivity index (χ3n) is 4.80. The molecule has 16 heteroatoms. The molecule has 1 aliphatic rings. The summed E-state index contributed by atoms with van der Waals surface area (Å²) in [5.41, 5.74) is -4.89. The lowest BCUT2D eigenvalue weighted by Gasteiger charge is -2.41. The quantitative estimate of drug-likeness (QED) is 0.335. The number of rotatable bonds is 6. The molecule has 0 saturated carbocycles. The summed E-state index contributed by atoms with van der Waals surface area (Å²) in [5, 5.41) is 50.0. The van der Waals surface area contributed by atoms with Crippen molar-refractivity contribution in [2.24, 2.45) is 0 Å². The zero-order valence-electron chi connectivity index (χ0n) is 16.7. The van der Waals surface area contributed by atoms with Crippen molar-refractivity contribution in [2.75, 3.05) is 6.61 Å². The molecule has 1 saturated heterocycles. The van der Waals surface area contributed by atoms with Gasteiger partial charge < -0.3 is 25.2 Å². The van der Waals surface area contributed by atoms with Gasteiger partial charge in [-0.3, -0.25) is 0 Å². The van der Waals surface area contributed by atoms with Crippen LogP contribution in [-0.2, 0) is 4.74 Å². The van der Waals surface area contributed by atoms with Crippen LogP contribution in [0, 0.1) is 0 Å². The fourth-order valence-corrected chi connectivity index (χ4v) is 5.84. The molecule has 3 aromatic rings. The van der Waals surface area contributed by atoms with Crippen LogP contribution in [0.2, 0.25) is 5.02 Å². The number of alkyl halides is 3. The number of thiazole rings is 1. The number of ether oxygens (including phenoxy) is 1. The number of aliphatic hydroxyl groups is 3. The zero-order chi connectivity index (χ0) is 24.6. The average Bonchev–Trinajstić information content (AvgIpc) is 3.40. The van der Waals surface area contributed by atoms with Crippen LogP contribution in [0.1, 0.15) is 6.04 Å². The minimum atomic E-state index is -4.49. The van der Waals surface area contributed by atoms with Crippen LogP contribution < -0.4 is 0 Å². The Morgan fingerprint density at radius 3 is 2.59 bits per heavy atom. The van der Waals surface area contributed by atoms with Gasteiger partial charge in [0, 0.05) is 15.2 Å². The van der Waals surface area contributed by atoms with Crippen molar-refractivity contribution < 1.29 is 38.3 Å². The molecule has 1 aromatic carbocycles. The summed E-state index contributed by atoms with van der Waals surface area (Å²) >= 11 is 7.61. The lowest BCUT2D eigenvalue weighted by atomic mass is 9.97. The monoisotopic (exact) mass is 556 g/mol. The fraction of sp³-hybridized carbons (Fsp3) is 0.389. The molecule has 1 fully saturated rings. The van der Waals surface area contributed by atoms with Gasteiger partial charge in [-0.05, 0) is 30.0 Å². The van der Waals surface area contributed by atoms with Gasteiger partial charge in [-0.25, -0.2) is 9.67 Å². The Kier molecular flexibility index (Phi) is 7.64. The summed E-state index contributed by atoms with van der Waals surface area (Å²) in [7, 11) is 0. The van der Waals surface area contributed by atoms with E-state index in [-0.39, 0.29) is 32.6 Å². The van der Waals surface area contributed by atoms with Crippen molar-refractivity contribution in [3.8, 4) is 16.6 Å². The smallest absolute Gasteiger partial charge is 0.446 e. The van der Waals surface area contributed by atoms with Crippen molar-refractivity contribution in [1.29, 1.82) is 0 Å². The van der Waals surface area contributed by atoms with Gasteiger partial charge >= 0.3 is 5.51 Å². The van der Waals surface area contributed by atoms with Gasteiger partial charge in [0.15, 0.2) is 0 Å². The molecule has 4 N–H and O–H groups in total. The summed E-state index contributed by atoms with van der Waals surface area (Å²) in [6, 6.07) is 2.84. The third kappa shape index (κ3) is 5.62. The number of aromatic nitrogens is 4. The molecular weight excluding hydrogens is 541 g/mol. The Balaban J connectivity index is 1.56. The molecule has 0 spiro atoms. The third-order valence-corrected chi connectivity index (χ3v) is 7.82. The molecule has 5 atom stereocenters. The summed E-state index contributed by atoms with van der Waals surface area (Å²) in [6.45, 7) is -0.565. The molecule has 0 aliphatic carbocycles. The largest absolute Gasteiger partial charge is 0.486 e. The number of aromatic hydroxyl groups is 1. The predicted molar refractivity (Wildman–Crippen MR) is 119 cm³/mol. The van der Waals surface area contributed by atoms with E-state index in [4.69, 9.17) is 16.3 Å². The number of hydrogen-bond acceptors (Lipinski definition) is 11. The molecule has 1 aliphatic heterocycles. The Morgan fingerprint density at radius 1 is 1.21 bits per heavy atom. The minimum absolute atomic E-state index is 0.125. The Labute approximate surface area is 207 Å². The van der Waals surface area contributed by atoms with Gasteiger partial charge in [-0.15, -0.1) is 5.10 Å². The highest BCUT2D eigenvalue weighted by atomic mass is 35.5. The van der Waals surface area contributed by atoms with Gasteiger partial charge in [0.25, 0.3) is 5.19 Å². The maximum Gasteiger partial charge on any atom is 0.446 e. The molecule has 0 bridgehead atoms. The second-order valence-corrected chi connectivity index (χ2v) is 10.6. The van der Waals surface area contributed by atoms with Crippen molar-refractivity contribution in [3.63, 3.8) is 0 Å². The molecule has 184 valence electrons. The lowest BCUT2D eigenvalue weighted by Crippen LogP contribution is -2.55. The summed E-state index contributed by atoms with van der Waals surface area (Å²) in [6.07, 6.45) is -2.38. The average molecular weight is 557 g/mol. The van der Waals surface area contributed by atoms with E-state index in [0.29, 0.717) is 10.6 Å². The van der Waals surface area contributed by atoms with E-state index < -0.39 is 41.9 Å². The van der Waals surface area contributed by atoms with E-state index >= 15 is 0 Å². The standard InChI is InChI=1S/C18H16ClF3N4O5S3/c19-8-3-7(1-2-12(8)34-18(20,21)22)33-16-15(29)13(14(28)11(5-27)31-16)26-4-9(24-25-26)10-6-32-17(30)23-10/h1-4,6,11,13-16,27-29H,5H2,(H,23,30)/t11-,13+,14+,15-,16-/m1/s1. The predicted octanol–water partition coefficient (Wildman–Crippen LogP) is 3.14. The highest BCUT2D eigenvalue weighted by molar-refractivity contribution is 8.00. The Morgan fingerprint density at radius 2 is 1.97 bits per heavy atom. The summed E-state index contributed by atoms with van der Waals surface area (Å²) < 4.78 is 44.8. The normalized spacial score (nSPS) is 25.6. The van der Waals surface area contributed by atoms with Gasteiger partial charge in [0.2, 0.25) is 0 Å². The highest BCUT2D eigenvalue weighted by Gasteiger charge is 2.46. The highest BCUT2D eigenvalue weighted by Crippen LogP contribution is 2.43. The number of benzene rings is 1. The van der Waals surface area contributed by atoms with E-state index in [1.807, 2.05) is 0 Å². The van der Waals surface area contributed by atoms with Crippen molar-refractivity contribution in [1.82, 2.24) is 20.0 Å². The van der Waals surface area contributed by atoms with Gasteiger partial charge in [-0.1, -0.05) is 39.9 Å². The van der Waals surface area contributed by atoms with Crippen molar-refractivity contribution in [3.05, 3.63) is 34.8 Å². The lowest BCUT2D eigenvalue weighted by molar-refractivity contribution is -0.178. The number of hydrogen-bond donors (Lipinski definition) is 4. The first kappa shape index (κ1) is 25.5. The molecule has 0 unspecified atom stereocenters. The zero-order valence-corrected chi connectivity index (χ0v) is 19.9. The maximum absolute atomic E-state index is 12.6. The van der Waals surface area contributed by atoms with E-state index in [9.17, 15) is 33.6 Å². The molecule has 9 nitrogen and oxygen atoms in total. The van der Waals surface area contributed by atoms with Gasteiger partial charge in [0.05, 0.1) is 17.8 Å². The van der Waals surface area contributed by atoms with E-state index in [0.717, 1.165) is 23.1 Å². The molecule has 34 heavy (non-hydrogen) atoms. The van der Waals surface area contributed by atoms with Crippen LogP contribution in [0.4, 0.5) is 13.2 Å². The summed E-state index contributed by atoms with van der Waals surface area (Å²) in [4.78, 5) is 4.13. The fourth-order valence-electron chi connectivity index (χ4n) is 3.30. The number of halogens is 4. The molecular formula is C18H16ClF3N4O5S3. The second kappa shape index (κ2) is 10.2. The Bertz CT molecular complexity index is 1150. The minimum Gasteiger partial charge on any atom is -0.486 e. The molecule has 0 amide bonds. The van der Waals surface area contributed by atoms with E-state index in [1.54, 1.807) is 5.38 Å². The topological polar surface area (TPSA) is 134 Å². The van der Waals surface area contributed by atoms with E-state index in [2.05, 4.69) is 15.3 Å². The first-order valence-electron chi connectivity index (χ1n) is 9.47. The first-order valence-corrected chi connectivity index (χ1v) is 12.4. The Hall–Kier alpha value is -1.59. The summed E-state index contributed by atoms with van der Waals surface area (Å²) in [5.74, 6) is 0. The maximum atomic E-state index is 12.6. The molecule has 4 rings (SSSR count). The van der Waals surface area contributed by atoms with Crippen LogP contribution >= 0.6 is 46.5 Å². The van der Waals surface area contributed by atoms with Crippen LogP contribution in [0.15, 0.2) is 39.6 Å². The van der Waals surface area contributed by atoms with E-state index in [1.165, 1.54) is 29.1 Å². The number of nitrogens with zero attached hydrogens (tertiary/aromatic N) is 4. The number of aliphatic hydroxyl groups excluding tert-OH is 3. The van der Waals surface area contributed by atoms with Crippen LogP contribution in [0.3, 0.4) is 0 Å². The SMILES string of the molecule is OC[C@H]1O[C@H](Sc2ccc(SC(F)(F)F)c(Cl)c2)[C@H](O)[C@@H](n2cc(-c3csc(O)n3)nn2)[C@H]1O. The van der Waals surface area contributed by atoms with Crippen molar-refractivity contribution in [2.45, 2.75) is 45.1 Å². The molecule has 2 aromatic heterocycles. The number of thioether (sulfide) groups is 2. The first-order chi connectivity index (χ1) is 16.1. The molecule has 0 radical (unpaired) electrons. The van der Waals surface area contributed by atoms with Crippen LogP contribution in [0.5, 0.6) is 5.19 Å². The van der Waals surface area contributed by atoms with Gasteiger partial charge in [-0.2, -0.15) is 13.2 Å². The van der Waals surface area contributed by atoms with Gasteiger partial charge in [0.1, 0.15) is 41.2 Å². The van der Waals surface area contributed by atoms with Crippen LogP contribution in [-0.4, -0.2) is 76.3 Å². The molecule has 3 heterocycles. The van der Waals surface area contributed by atoms with Crippen molar-refractivity contribution >= 4 is 46.5 Å². The van der Waals surface area contributed by atoms with Crippen LogP contribution in [0.25, 0.3) is 11.4 Å². The second-order valence-electron chi connectivity index (χ2n) is 7.05.